The Balaban J connectivity index is 2.00. The van der Waals surface area contributed by atoms with Crippen LogP contribution >= 0.6 is 0 Å². The fourth-order valence-corrected chi connectivity index (χ4v) is 3.78. The van der Waals surface area contributed by atoms with Gasteiger partial charge in [-0.05, 0) is 25.6 Å². The SMILES string of the molecule is Cn1nccc1S(=O)(=O)N1CCN(CCCN)CC1. The van der Waals surface area contributed by atoms with Crippen LogP contribution in [0.5, 0.6) is 0 Å². The maximum atomic E-state index is 12.4. The average Bonchev–Trinajstić information content (AvgIpc) is 2.84. The summed E-state index contributed by atoms with van der Waals surface area (Å²) >= 11 is 0. The smallest absolute Gasteiger partial charge is 0.260 e. The molecule has 2 N–H and O–H groups in total. The highest BCUT2D eigenvalue weighted by Gasteiger charge is 2.30. The molecule has 2 heterocycles. The third kappa shape index (κ3) is 3.14. The quantitative estimate of drug-likeness (QED) is 0.757. The molecule has 8 heteroatoms. The second kappa shape index (κ2) is 6.00. The van der Waals surface area contributed by atoms with Gasteiger partial charge in [0.2, 0.25) is 0 Å². The van der Waals surface area contributed by atoms with Gasteiger partial charge in [-0.1, -0.05) is 0 Å². The highest BCUT2D eigenvalue weighted by Crippen LogP contribution is 2.16. The summed E-state index contributed by atoms with van der Waals surface area (Å²) in [6.07, 6.45) is 2.46. The van der Waals surface area contributed by atoms with Crippen molar-refractivity contribution >= 4 is 10.0 Å². The second-order valence-corrected chi connectivity index (χ2v) is 6.57. The molecule has 1 fully saturated rings. The van der Waals surface area contributed by atoms with E-state index in [-0.39, 0.29) is 5.03 Å². The predicted octanol–water partition coefficient (Wildman–Crippen LogP) is -0.925. The van der Waals surface area contributed by atoms with E-state index in [1.54, 1.807) is 7.05 Å². The Morgan fingerprint density at radius 1 is 1.32 bits per heavy atom. The monoisotopic (exact) mass is 287 g/mol. The van der Waals surface area contributed by atoms with Crippen molar-refractivity contribution in [3.63, 3.8) is 0 Å². The number of aromatic nitrogens is 2. The van der Waals surface area contributed by atoms with E-state index < -0.39 is 10.0 Å². The molecule has 0 aromatic carbocycles. The zero-order valence-electron chi connectivity index (χ0n) is 11.2. The zero-order chi connectivity index (χ0) is 13.9. The molecular formula is C11H21N5O2S. The first-order chi connectivity index (χ1) is 9.05. The molecule has 0 unspecified atom stereocenters. The van der Waals surface area contributed by atoms with E-state index in [2.05, 4.69) is 10.00 Å². The third-order valence-electron chi connectivity index (χ3n) is 3.39. The van der Waals surface area contributed by atoms with Gasteiger partial charge in [0.1, 0.15) is 0 Å². The third-order valence-corrected chi connectivity index (χ3v) is 5.36. The molecule has 0 aliphatic carbocycles. The van der Waals surface area contributed by atoms with Crippen molar-refractivity contribution in [2.75, 3.05) is 39.3 Å². The van der Waals surface area contributed by atoms with Gasteiger partial charge in [0.05, 0.1) is 6.20 Å². The zero-order valence-corrected chi connectivity index (χ0v) is 12.0. The first-order valence-corrected chi connectivity index (χ1v) is 7.90. The molecule has 1 aromatic heterocycles. The van der Waals surface area contributed by atoms with Crippen LogP contribution in [0.15, 0.2) is 17.3 Å². The van der Waals surface area contributed by atoms with E-state index in [9.17, 15) is 8.42 Å². The summed E-state index contributed by atoms with van der Waals surface area (Å²) in [7, 11) is -1.77. The Labute approximate surface area is 114 Å². The largest absolute Gasteiger partial charge is 0.330 e. The minimum Gasteiger partial charge on any atom is -0.330 e. The molecule has 108 valence electrons. The van der Waals surface area contributed by atoms with Crippen molar-refractivity contribution in [3.05, 3.63) is 12.3 Å². The first-order valence-electron chi connectivity index (χ1n) is 6.46. The van der Waals surface area contributed by atoms with Crippen LogP contribution in [0.4, 0.5) is 0 Å². The van der Waals surface area contributed by atoms with Gasteiger partial charge in [0.15, 0.2) is 5.03 Å². The van der Waals surface area contributed by atoms with E-state index in [0.717, 1.165) is 26.1 Å². The van der Waals surface area contributed by atoms with Crippen molar-refractivity contribution in [2.45, 2.75) is 11.4 Å². The molecule has 0 amide bonds. The van der Waals surface area contributed by atoms with E-state index >= 15 is 0 Å². The van der Waals surface area contributed by atoms with Gasteiger partial charge in [-0.15, -0.1) is 0 Å². The highest BCUT2D eigenvalue weighted by molar-refractivity contribution is 7.89. The molecule has 1 aromatic rings. The summed E-state index contributed by atoms with van der Waals surface area (Å²) in [5.74, 6) is 0. The Morgan fingerprint density at radius 2 is 2.00 bits per heavy atom. The molecule has 0 spiro atoms. The number of nitrogens with two attached hydrogens (primary N) is 1. The van der Waals surface area contributed by atoms with Crippen molar-refractivity contribution in [3.8, 4) is 0 Å². The van der Waals surface area contributed by atoms with Crippen LogP contribution in [-0.4, -0.2) is 66.7 Å². The fraction of sp³-hybridized carbons (Fsp3) is 0.727. The van der Waals surface area contributed by atoms with Crippen molar-refractivity contribution in [1.82, 2.24) is 19.0 Å². The molecule has 7 nitrogen and oxygen atoms in total. The Kier molecular flexibility index (Phi) is 4.56. The van der Waals surface area contributed by atoms with Gasteiger partial charge in [0.25, 0.3) is 10.0 Å². The Bertz CT molecular complexity index is 505. The number of sulfonamides is 1. The van der Waals surface area contributed by atoms with Crippen LogP contribution in [0.3, 0.4) is 0 Å². The van der Waals surface area contributed by atoms with Crippen LogP contribution in [0.25, 0.3) is 0 Å². The van der Waals surface area contributed by atoms with E-state index in [4.69, 9.17) is 5.73 Å². The topological polar surface area (TPSA) is 84.5 Å². The van der Waals surface area contributed by atoms with Gasteiger partial charge >= 0.3 is 0 Å². The van der Waals surface area contributed by atoms with Gasteiger partial charge in [0, 0.05) is 33.2 Å². The van der Waals surface area contributed by atoms with Crippen LogP contribution in [0.1, 0.15) is 6.42 Å². The second-order valence-electron chi connectivity index (χ2n) is 4.68. The minimum atomic E-state index is -3.41. The molecule has 1 saturated heterocycles. The lowest BCUT2D eigenvalue weighted by molar-refractivity contribution is 0.187. The summed E-state index contributed by atoms with van der Waals surface area (Å²) in [5.41, 5.74) is 5.48. The Morgan fingerprint density at radius 3 is 2.53 bits per heavy atom. The van der Waals surface area contributed by atoms with Gasteiger partial charge in [-0.25, -0.2) is 8.42 Å². The van der Waals surface area contributed by atoms with Gasteiger partial charge in [-0.2, -0.15) is 9.40 Å². The molecule has 1 aliphatic heterocycles. The number of rotatable bonds is 5. The normalized spacial score (nSPS) is 18.8. The maximum Gasteiger partial charge on any atom is 0.260 e. The molecule has 19 heavy (non-hydrogen) atoms. The number of piperazine rings is 1. The molecule has 0 saturated carbocycles. The average molecular weight is 287 g/mol. The van der Waals surface area contributed by atoms with Crippen molar-refractivity contribution in [1.29, 1.82) is 0 Å². The number of hydrogen-bond donors (Lipinski definition) is 1. The number of nitrogens with zero attached hydrogens (tertiary/aromatic N) is 4. The Hall–Kier alpha value is -0.960. The lowest BCUT2D eigenvalue weighted by atomic mass is 10.3. The lowest BCUT2D eigenvalue weighted by Crippen LogP contribution is -2.49. The summed E-state index contributed by atoms with van der Waals surface area (Å²) in [4.78, 5) is 2.25. The van der Waals surface area contributed by atoms with E-state index in [1.807, 2.05) is 0 Å². The summed E-state index contributed by atoms with van der Waals surface area (Å²) in [6.45, 7) is 4.19. The van der Waals surface area contributed by atoms with Crippen LogP contribution in [0.2, 0.25) is 0 Å². The number of aryl methyl sites for hydroxylation is 1. The van der Waals surface area contributed by atoms with Gasteiger partial charge in [-0.3, -0.25) is 4.68 Å². The van der Waals surface area contributed by atoms with Crippen LogP contribution in [0, 0.1) is 0 Å². The fourth-order valence-electron chi connectivity index (χ4n) is 2.26. The molecule has 0 atom stereocenters. The molecule has 0 radical (unpaired) electrons. The molecule has 0 bridgehead atoms. The summed E-state index contributed by atoms with van der Waals surface area (Å²) < 4.78 is 27.8. The minimum absolute atomic E-state index is 0.253. The van der Waals surface area contributed by atoms with Gasteiger partial charge < -0.3 is 10.6 Å². The number of hydrogen-bond acceptors (Lipinski definition) is 5. The highest BCUT2D eigenvalue weighted by atomic mass is 32.2. The maximum absolute atomic E-state index is 12.4. The lowest BCUT2D eigenvalue weighted by Gasteiger charge is -2.33. The van der Waals surface area contributed by atoms with Crippen LogP contribution < -0.4 is 5.73 Å². The van der Waals surface area contributed by atoms with Crippen LogP contribution in [-0.2, 0) is 17.1 Å². The predicted molar refractivity (Wildman–Crippen MR) is 72.1 cm³/mol. The molecule has 1 aliphatic rings. The van der Waals surface area contributed by atoms with E-state index in [1.165, 1.54) is 21.3 Å². The summed E-state index contributed by atoms with van der Waals surface area (Å²) in [5, 5.41) is 4.17. The molecule has 2 rings (SSSR count). The standard InChI is InChI=1S/C11H21N5O2S/c1-14-11(3-5-13-14)19(17,18)16-9-7-15(8-10-16)6-2-4-12/h3,5H,2,4,6-10,12H2,1H3. The van der Waals surface area contributed by atoms with Crippen molar-refractivity contribution in [2.24, 2.45) is 12.8 Å². The molecular weight excluding hydrogens is 266 g/mol. The van der Waals surface area contributed by atoms with E-state index in [0.29, 0.717) is 19.6 Å². The summed E-state index contributed by atoms with van der Waals surface area (Å²) in [6, 6.07) is 1.54. The first kappa shape index (κ1) is 14.4. The van der Waals surface area contributed by atoms with Crippen molar-refractivity contribution < 1.29 is 8.42 Å².